The molecule has 0 atom stereocenters. The summed E-state index contributed by atoms with van der Waals surface area (Å²) in [6.45, 7) is 1.66. The molecule has 0 N–H and O–H groups in total. The van der Waals surface area contributed by atoms with Gasteiger partial charge < -0.3 is 14.0 Å². The first-order valence-corrected chi connectivity index (χ1v) is 6.30. The second-order valence-electron chi connectivity index (χ2n) is 4.67. The smallest absolute Gasteiger partial charge is 0.246 e. The Morgan fingerprint density at radius 3 is 2.95 bits per heavy atom. The molecule has 7 heteroatoms. The molecule has 2 aromatic rings. The minimum atomic E-state index is -0.436. The summed E-state index contributed by atoms with van der Waals surface area (Å²) in [5.41, 5.74) is 1.80. The first kappa shape index (κ1) is 13.2. The van der Waals surface area contributed by atoms with Crippen LogP contribution < -0.4 is 9.47 Å². The minimum absolute atomic E-state index is 0.0425. The van der Waals surface area contributed by atoms with Crippen LogP contribution in [0.3, 0.4) is 0 Å². The fraction of sp³-hybridized carbons (Fsp3) is 0.214. The van der Waals surface area contributed by atoms with Crippen LogP contribution in [0.4, 0.5) is 0 Å². The van der Waals surface area contributed by atoms with Crippen molar-refractivity contribution >= 4 is 6.08 Å². The van der Waals surface area contributed by atoms with Gasteiger partial charge in [0.25, 0.3) is 0 Å². The summed E-state index contributed by atoms with van der Waals surface area (Å²) in [7, 11) is 1.81. The van der Waals surface area contributed by atoms with Crippen LogP contribution in [0.2, 0.25) is 0 Å². The lowest BCUT2D eigenvalue weighted by Gasteiger charge is -2.05. The van der Waals surface area contributed by atoms with Gasteiger partial charge in [0.2, 0.25) is 12.5 Å². The van der Waals surface area contributed by atoms with E-state index in [0.29, 0.717) is 17.3 Å². The Morgan fingerprint density at radius 1 is 1.43 bits per heavy atom. The van der Waals surface area contributed by atoms with Crippen LogP contribution in [0, 0.1) is 10.1 Å². The van der Waals surface area contributed by atoms with Gasteiger partial charge in [-0.05, 0) is 18.2 Å². The Morgan fingerprint density at radius 2 is 2.19 bits per heavy atom. The van der Waals surface area contributed by atoms with Gasteiger partial charge in [-0.2, -0.15) is 0 Å². The Bertz CT molecular complexity index is 749. The maximum Gasteiger partial charge on any atom is 0.246 e. The van der Waals surface area contributed by atoms with E-state index in [0.717, 1.165) is 11.3 Å². The number of rotatable bonds is 3. The Hall–Kier alpha value is -2.83. The molecular formula is C14H13N3O4. The van der Waals surface area contributed by atoms with Crippen molar-refractivity contribution in [3.63, 3.8) is 0 Å². The van der Waals surface area contributed by atoms with E-state index in [2.05, 4.69) is 4.98 Å². The van der Waals surface area contributed by atoms with Gasteiger partial charge in [-0.15, -0.1) is 0 Å². The predicted molar refractivity (Wildman–Crippen MR) is 75.4 cm³/mol. The molecule has 0 radical (unpaired) electrons. The number of allylic oxidation sites excluding steroid dienone is 1. The number of fused-ring (bicyclic) bond motifs is 1. The van der Waals surface area contributed by atoms with Crippen LogP contribution in [-0.2, 0) is 7.05 Å². The maximum atomic E-state index is 10.7. The molecule has 1 aliphatic rings. The molecule has 0 saturated carbocycles. The van der Waals surface area contributed by atoms with E-state index in [1.165, 1.54) is 13.0 Å². The van der Waals surface area contributed by atoms with Gasteiger partial charge in [0.05, 0.1) is 22.9 Å². The fourth-order valence-electron chi connectivity index (χ4n) is 2.12. The van der Waals surface area contributed by atoms with E-state index >= 15 is 0 Å². The second kappa shape index (κ2) is 4.93. The molecule has 0 unspecified atom stereocenters. The first-order valence-electron chi connectivity index (χ1n) is 6.30. The summed E-state index contributed by atoms with van der Waals surface area (Å²) < 4.78 is 12.4. The molecule has 0 spiro atoms. The second-order valence-corrected chi connectivity index (χ2v) is 4.67. The lowest BCUT2D eigenvalue weighted by atomic mass is 10.1. The van der Waals surface area contributed by atoms with E-state index in [4.69, 9.17) is 9.47 Å². The number of nitrogens with zero attached hydrogens (tertiary/aromatic N) is 3. The van der Waals surface area contributed by atoms with Gasteiger partial charge in [0, 0.05) is 19.5 Å². The molecule has 7 nitrogen and oxygen atoms in total. The Kier molecular flexibility index (Phi) is 3.09. The van der Waals surface area contributed by atoms with Gasteiger partial charge in [0.15, 0.2) is 11.5 Å². The van der Waals surface area contributed by atoms with Gasteiger partial charge >= 0.3 is 0 Å². The third-order valence-corrected chi connectivity index (χ3v) is 3.32. The number of aromatic nitrogens is 2. The van der Waals surface area contributed by atoms with E-state index in [1.54, 1.807) is 10.8 Å². The molecule has 1 aromatic carbocycles. The largest absolute Gasteiger partial charge is 0.454 e. The Labute approximate surface area is 120 Å². The summed E-state index contributed by atoms with van der Waals surface area (Å²) in [5, 5.41) is 10.7. The highest BCUT2D eigenvalue weighted by Gasteiger charge is 2.16. The quantitative estimate of drug-likeness (QED) is 0.640. The van der Waals surface area contributed by atoms with Crippen LogP contribution in [0.5, 0.6) is 11.5 Å². The summed E-state index contributed by atoms with van der Waals surface area (Å²) in [6, 6.07) is 5.61. The van der Waals surface area contributed by atoms with Crippen LogP contribution in [0.25, 0.3) is 17.3 Å². The standard InChI is InChI=1S/C14H13N3O4/c1-9(17(18)19)5-14-15-7-11(16(14)2)10-3-4-12-13(6-10)21-8-20-12/h3-7H,8H2,1-2H3/b9-5+. The molecule has 0 bridgehead atoms. The van der Waals surface area contributed by atoms with Gasteiger partial charge in [-0.1, -0.05) is 0 Å². The minimum Gasteiger partial charge on any atom is -0.454 e. The maximum absolute atomic E-state index is 10.7. The lowest BCUT2D eigenvalue weighted by Crippen LogP contribution is -1.98. The van der Waals surface area contributed by atoms with Crippen molar-refractivity contribution < 1.29 is 14.4 Å². The van der Waals surface area contributed by atoms with Crippen LogP contribution in [0.1, 0.15) is 12.7 Å². The first-order chi connectivity index (χ1) is 10.1. The van der Waals surface area contributed by atoms with Crippen molar-refractivity contribution in [2.75, 3.05) is 6.79 Å². The third kappa shape index (κ3) is 2.33. The fourth-order valence-corrected chi connectivity index (χ4v) is 2.12. The molecule has 1 aromatic heterocycles. The number of hydrogen-bond acceptors (Lipinski definition) is 5. The number of hydrogen-bond donors (Lipinski definition) is 0. The van der Waals surface area contributed by atoms with E-state index in [-0.39, 0.29) is 12.5 Å². The van der Waals surface area contributed by atoms with Crippen molar-refractivity contribution in [1.82, 2.24) is 9.55 Å². The molecule has 0 saturated heterocycles. The Balaban J connectivity index is 1.99. The number of imidazole rings is 1. The van der Waals surface area contributed by atoms with Gasteiger partial charge in [0.1, 0.15) is 5.82 Å². The molecule has 21 heavy (non-hydrogen) atoms. The number of ether oxygens (including phenoxy) is 2. The normalized spacial score (nSPS) is 13.5. The average Bonchev–Trinajstić information content (AvgIpc) is 3.05. The van der Waals surface area contributed by atoms with E-state index in [1.807, 2.05) is 25.2 Å². The topological polar surface area (TPSA) is 79.4 Å². The monoisotopic (exact) mass is 287 g/mol. The van der Waals surface area contributed by atoms with Crippen molar-refractivity contribution in [3.05, 3.63) is 46.0 Å². The number of benzene rings is 1. The predicted octanol–water partition coefficient (Wildman–Crippen LogP) is 2.45. The zero-order valence-corrected chi connectivity index (χ0v) is 11.6. The molecule has 1 aliphatic heterocycles. The van der Waals surface area contributed by atoms with Crippen LogP contribution in [0.15, 0.2) is 30.1 Å². The van der Waals surface area contributed by atoms with Crippen molar-refractivity contribution in [2.45, 2.75) is 6.92 Å². The SMILES string of the molecule is C/C(=C\c1ncc(-c2ccc3c(c2)OCO3)n1C)[N+](=O)[O-]. The molecular weight excluding hydrogens is 274 g/mol. The summed E-state index contributed by atoms with van der Waals surface area (Å²) in [5.74, 6) is 1.93. The molecule has 108 valence electrons. The van der Waals surface area contributed by atoms with Gasteiger partial charge in [-0.3, -0.25) is 10.1 Å². The average molecular weight is 287 g/mol. The molecule has 3 rings (SSSR count). The molecule has 0 amide bonds. The molecule has 0 fully saturated rings. The number of nitro groups is 1. The van der Waals surface area contributed by atoms with E-state index in [9.17, 15) is 10.1 Å². The summed E-state index contributed by atoms with van der Waals surface area (Å²) in [4.78, 5) is 14.5. The van der Waals surface area contributed by atoms with Crippen molar-refractivity contribution in [1.29, 1.82) is 0 Å². The summed E-state index contributed by atoms with van der Waals surface area (Å²) in [6.07, 6.45) is 3.12. The van der Waals surface area contributed by atoms with Crippen molar-refractivity contribution in [3.8, 4) is 22.8 Å². The summed E-state index contributed by atoms with van der Waals surface area (Å²) >= 11 is 0. The highest BCUT2D eigenvalue weighted by Crippen LogP contribution is 2.35. The highest BCUT2D eigenvalue weighted by atomic mass is 16.7. The van der Waals surface area contributed by atoms with Crippen molar-refractivity contribution in [2.24, 2.45) is 7.05 Å². The zero-order chi connectivity index (χ0) is 15.0. The highest BCUT2D eigenvalue weighted by molar-refractivity contribution is 5.66. The molecule has 2 heterocycles. The lowest BCUT2D eigenvalue weighted by molar-refractivity contribution is -0.422. The van der Waals surface area contributed by atoms with E-state index < -0.39 is 4.92 Å². The molecule has 0 aliphatic carbocycles. The van der Waals surface area contributed by atoms with Gasteiger partial charge in [-0.25, -0.2) is 4.98 Å². The zero-order valence-electron chi connectivity index (χ0n) is 11.6. The third-order valence-electron chi connectivity index (χ3n) is 3.32. The van der Waals surface area contributed by atoms with Crippen LogP contribution in [-0.4, -0.2) is 21.3 Å². The van der Waals surface area contributed by atoms with Crippen LogP contribution >= 0.6 is 0 Å².